The van der Waals surface area contributed by atoms with Gasteiger partial charge in [-0.25, -0.2) is 14.5 Å². The third kappa shape index (κ3) is 3.27. The molecule has 1 saturated carbocycles. The number of benzene rings is 1. The summed E-state index contributed by atoms with van der Waals surface area (Å²) in [6.07, 6.45) is 0.471. The van der Waals surface area contributed by atoms with Gasteiger partial charge < -0.3 is 18.7 Å². The van der Waals surface area contributed by atoms with E-state index in [1.165, 1.54) is 0 Å². The molecule has 5 rings (SSSR count). The zero-order chi connectivity index (χ0) is 23.6. The Kier molecular flexibility index (Phi) is 4.90. The van der Waals surface area contributed by atoms with Crippen LogP contribution in [0.3, 0.4) is 0 Å². The number of ether oxygens (including phenoxy) is 2. The summed E-state index contributed by atoms with van der Waals surface area (Å²) in [5.74, 6) is 0.441. The molecule has 2 aliphatic carbocycles. The van der Waals surface area contributed by atoms with E-state index in [0.717, 1.165) is 21.9 Å². The Morgan fingerprint density at radius 3 is 2.70 bits per heavy atom. The number of oxime groups is 1. The fourth-order valence-corrected chi connectivity index (χ4v) is 6.09. The van der Waals surface area contributed by atoms with Gasteiger partial charge in [0.15, 0.2) is 6.10 Å². The van der Waals surface area contributed by atoms with Gasteiger partial charge in [0.1, 0.15) is 24.0 Å². The van der Waals surface area contributed by atoms with E-state index >= 15 is 0 Å². The third-order valence-electron chi connectivity index (χ3n) is 7.76. The Labute approximate surface area is 194 Å². The monoisotopic (exact) mass is 470 g/mol. The number of carbonyl (C=O) groups excluding carboxylic acids is 2. The van der Waals surface area contributed by atoms with Crippen LogP contribution < -0.4 is 0 Å². The normalized spacial score (nSPS) is 30.0. The van der Waals surface area contributed by atoms with E-state index < -0.39 is 38.3 Å². The Balaban J connectivity index is 1.44. The van der Waals surface area contributed by atoms with Gasteiger partial charge in [-0.05, 0) is 36.2 Å². The first-order valence-electron chi connectivity index (χ1n) is 11.4. The van der Waals surface area contributed by atoms with Crippen LogP contribution in [0.15, 0.2) is 47.3 Å². The number of nitrogens with zero attached hydrogens (tertiary/aromatic N) is 2. The second kappa shape index (κ2) is 7.35. The van der Waals surface area contributed by atoms with E-state index in [0.29, 0.717) is 12.8 Å². The minimum atomic E-state index is -2.12. The average Bonchev–Trinajstić information content (AvgIpc) is 3.37. The van der Waals surface area contributed by atoms with Crippen molar-refractivity contribution in [1.82, 2.24) is 4.90 Å². The Hall–Kier alpha value is -2.81. The van der Waals surface area contributed by atoms with Crippen molar-refractivity contribution in [1.29, 1.82) is 0 Å². The minimum absolute atomic E-state index is 0.0171. The van der Waals surface area contributed by atoms with Crippen molar-refractivity contribution >= 4 is 26.2 Å². The van der Waals surface area contributed by atoms with Crippen molar-refractivity contribution in [2.24, 2.45) is 11.1 Å². The van der Waals surface area contributed by atoms with Crippen molar-refractivity contribution in [3.63, 3.8) is 0 Å². The molecule has 176 valence electrons. The predicted octanol–water partition coefficient (Wildman–Crippen LogP) is 4.97. The van der Waals surface area contributed by atoms with Crippen LogP contribution in [0, 0.1) is 5.92 Å². The van der Waals surface area contributed by atoms with E-state index in [9.17, 15) is 9.59 Å². The summed E-state index contributed by atoms with van der Waals surface area (Å²) < 4.78 is 17.8. The van der Waals surface area contributed by atoms with E-state index in [1.807, 2.05) is 36.4 Å². The van der Waals surface area contributed by atoms with Gasteiger partial charge in [-0.2, -0.15) is 0 Å². The lowest BCUT2D eigenvalue weighted by Crippen LogP contribution is -2.60. The van der Waals surface area contributed by atoms with Crippen molar-refractivity contribution in [2.45, 2.75) is 76.1 Å². The molecule has 0 N–H and O–H groups in total. The van der Waals surface area contributed by atoms with Gasteiger partial charge in [-0.1, -0.05) is 56.3 Å². The van der Waals surface area contributed by atoms with E-state index in [2.05, 4.69) is 39.0 Å². The fourth-order valence-electron chi connectivity index (χ4n) is 4.99. The summed E-state index contributed by atoms with van der Waals surface area (Å²) in [4.78, 5) is 33.0. The van der Waals surface area contributed by atoms with Crippen molar-refractivity contribution in [2.75, 3.05) is 0 Å². The summed E-state index contributed by atoms with van der Waals surface area (Å²) in [5, 5.41) is 4.33. The van der Waals surface area contributed by atoms with Crippen molar-refractivity contribution in [3.8, 4) is 0 Å². The summed E-state index contributed by atoms with van der Waals surface area (Å²) in [7, 11) is -2.12. The number of rotatable bonds is 4. The number of hydrogen-bond acceptors (Lipinski definition) is 7. The standard InChI is InChI=1S/C24H30N2O6Si/c1-23(2,3)33(4,5)32-17-11-12-24-18(13-16-19(24)20(17)31-25-16)30-22(28)26(24)21(27)29-14-15-9-7-6-8-10-15/h6-11,18-20H,12-14H2,1-5H3/t18-,19+,20+,24-/m1/s1. The molecule has 2 heterocycles. The van der Waals surface area contributed by atoms with Crippen molar-refractivity contribution < 1.29 is 28.3 Å². The summed E-state index contributed by atoms with van der Waals surface area (Å²) in [6, 6.07) is 9.37. The van der Waals surface area contributed by atoms with Crippen LogP contribution in [0.5, 0.6) is 0 Å². The molecular weight excluding hydrogens is 440 g/mol. The van der Waals surface area contributed by atoms with Gasteiger partial charge in [0.05, 0.1) is 11.6 Å². The highest BCUT2D eigenvalue weighted by atomic mass is 28.4. The lowest BCUT2D eigenvalue weighted by Gasteiger charge is -2.44. The third-order valence-corrected chi connectivity index (χ3v) is 12.1. The highest BCUT2D eigenvalue weighted by Gasteiger charge is 2.72. The average molecular weight is 471 g/mol. The zero-order valence-corrected chi connectivity index (χ0v) is 20.7. The highest BCUT2D eigenvalue weighted by molar-refractivity contribution is 6.74. The number of hydrogen-bond donors (Lipinski definition) is 0. The lowest BCUT2D eigenvalue weighted by molar-refractivity contribution is -0.0124. The summed E-state index contributed by atoms with van der Waals surface area (Å²) >= 11 is 0. The largest absolute Gasteiger partial charge is 0.544 e. The molecule has 4 aliphatic rings. The lowest BCUT2D eigenvalue weighted by atomic mass is 9.74. The molecule has 4 atom stereocenters. The SMILES string of the molecule is CC(C)(C)[Si](C)(C)OC1=CC[C@@]23[C@@H](CC4=NO[C@@H]1[C@H]42)OC(=O)N3C(=O)OCc1ccccc1. The second-order valence-corrected chi connectivity index (χ2v) is 15.4. The molecule has 0 unspecified atom stereocenters. The fraction of sp³-hybridized carbons (Fsp3) is 0.542. The van der Waals surface area contributed by atoms with Gasteiger partial charge in [-0.15, -0.1) is 0 Å². The summed E-state index contributed by atoms with van der Waals surface area (Å²) in [5.41, 5.74) is 0.741. The predicted molar refractivity (Wildman–Crippen MR) is 123 cm³/mol. The van der Waals surface area contributed by atoms with E-state index in [4.69, 9.17) is 18.7 Å². The molecule has 1 aromatic rings. The van der Waals surface area contributed by atoms with E-state index in [1.54, 1.807) is 0 Å². The molecule has 2 amide bonds. The Morgan fingerprint density at radius 1 is 1.27 bits per heavy atom. The van der Waals surface area contributed by atoms with Crippen LogP contribution in [0.4, 0.5) is 9.59 Å². The number of imide groups is 1. The molecule has 1 aromatic carbocycles. The molecule has 9 heteroatoms. The maximum Gasteiger partial charge on any atom is 0.420 e. The summed E-state index contributed by atoms with van der Waals surface area (Å²) in [6.45, 7) is 11.0. The van der Waals surface area contributed by atoms with Gasteiger partial charge in [0, 0.05) is 6.42 Å². The van der Waals surface area contributed by atoms with Crippen molar-refractivity contribution in [3.05, 3.63) is 47.7 Å². The Bertz CT molecular complexity index is 1050. The van der Waals surface area contributed by atoms with Crippen LogP contribution in [0.1, 0.15) is 39.2 Å². The van der Waals surface area contributed by atoms with Gasteiger partial charge in [0.2, 0.25) is 8.32 Å². The second-order valence-electron chi connectivity index (χ2n) is 10.7. The smallest absolute Gasteiger partial charge is 0.420 e. The number of carbonyl (C=O) groups is 2. The zero-order valence-electron chi connectivity index (χ0n) is 19.7. The Morgan fingerprint density at radius 2 is 2.00 bits per heavy atom. The molecule has 2 fully saturated rings. The number of amides is 2. The molecule has 8 nitrogen and oxygen atoms in total. The van der Waals surface area contributed by atoms with Gasteiger partial charge >= 0.3 is 12.2 Å². The van der Waals surface area contributed by atoms with Crippen LogP contribution in [0.2, 0.25) is 18.1 Å². The van der Waals surface area contributed by atoms with Gasteiger partial charge in [0.25, 0.3) is 0 Å². The molecule has 0 bridgehead atoms. The molecular formula is C24H30N2O6Si. The first-order valence-corrected chi connectivity index (χ1v) is 14.3. The molecule has 0 radical (unpaired) electrons. The minimum Gasteiger partial charge on any atom is -0.544 e. The van der Waals surface area contributed by atoms with Crippen LogP contribution in [-0.4, -0.2) is 48.9 Å². The molecule has 1 saturated heterocycles. The molecule has 2 aliphatic heterocycles. The first kappa shape index (κ1) is 22.0. The molecule has 0 aromatic heterocycles. The maximum atomic E-state index is 13.2. The molecule has 33 heavy (non-hydrogen) atoms. The quantitative estimate of drug-likeness (QED) is 0.578. The van der Waals surface area contributed by atoms with Crippen LogP contribution >= 0.6 is 0 Å². The van der Waals surface area contributed by atoms with E-state index in [-0.39, 0.29) is 17.6 Å². The first-order chi connectivity index (χ1) is 15.5. The highest BCUT2D eigenvalue weighted by Crippen LogP contribution is 2.56. The van der Waals surface area contributed by atoms with Gasteiger partial charge in [-0.3, -0.25) is 0 Å². The molecule has 1 spiro atoms. The van der Waals surface area contributed by atoms with Crippen LogP contribution in [-0.2, 0) is 25.3 Å². The van der Waals surface area contributed by atoms with Crippen LogP contribution in [0.25, 0.3) is 0 Å². The topological polar surface area (TPSA) is 86.7 Å². The maximum absolute atomic E-state index is 13.2.